The summed E-state index contributed by atoms with van der Waals surface area (Å²) in [7, 11) is 1.94. The SMILES string of the molecule is BCCC/C(O)=C(O)\C(O)=C(\Br)C(=C)O. The third-order valence-electron chi connectivity index (χ3n) is 1.73. The number of aliphatic hydroxyl groups is 4. The van der Waals surface area contributed by atoms with Crippen LogP contribution in [0.1, 0.15) is 12.8 Å². The number of rotatable bonds is 5. The van der Waals surface area contributed by atoms with E-state index < -0.39 is 17.3 Å². The molecule has 0 saturated carbocycles. The molecule has 6 heteroatoms. The Labute approximate surface area is 97.8 Å². The normalized spacial score (nSPS) is 14.2. The molecular formula is C9H14BBrO4. The van der Waals surface area contributed by atoms with Gasteiger partial charge >= 0.3 is 0 Å². The molecule has 0 aliphatic heterocycles. The molecule has 0 aliphatic carbocycles. The molecule has 0 saturated heterocycles. The summed E-state index contributed by atoms with van der Waals surface area (Å²) in [6, 6.07) is 0. The zero-order valence-electron chi connectivity index (χ0n) is 8.50. The minimum atomic E-state index is -0.648. The summed E-state index contributed by atoms with van der Waals surface area (Å²) in [6.45, 7) is 3.16. The highest BCUT2D eigenvalue weighted by atomic mass is 79.9. The van der Waals surface area contributed by atoms with Crippen molar-refractivity contribution >= 4 is 23.8 Å². The van der Waals surface area contributed by atoms with E-state index in [1.54, 1.807) is 0 Å². The molecule has 0 unspecified atom stereocenters. The molecule has 15 heavy (non-hydrogen) atoms. The Kier molecular flexibility index (Phi) is 6.00. The van der Waals surface area contributed by atoms with Gasteiger partial charge in [0.15, 0.2) is 11.5 Å². The van der Waals surface area contributed by atoms with Gasteiger partial charge in [-0.05, 0) is 15.9 Å². The van der Waals surface area contributed by atoms with E-state index in [0.29, 0.717) is 6.42 Å². The molecule has 0 amide bonds. The Morgan fingerprint density at radius 1 is 1.13 bits per heavy atom. The second kappa shape index (κ2) is 6.45. The molecule has 84 valence electrons. The van der Waals surface area contributed by atoms with Gasteiger partial charge < -0.3 is 20.4 Å². The Hall–Kier alpha value is -1.04. The summed E-state index contributed by atoms with van der Waals surface area (Å²) < 4.78 is -0.150. The third kappa shape index (κ3) is 4.33. The van der Waals surface area contributed by atoms with Gasteiger partial charge in [-0.2, -0.15) is 0 Å². The highest BCUT2D eigenvalue weighted by molar-refractivity contribution is 9.12. The van der Waals surface area contributed by atoms with Crippen LogP contribution in [0.25, 0.3) is 0 Å². The molecule has 0 aliphatic rings. The minimum Gasteiger partial charge on any atom is -0.508 e. The lowest BCUT2D eigenvalue weighted by Crippen LogP contribution is -1.98. The van der Waals surface area contributed by atoms with Crippen LogP contribution in [0, 0.1) is 0 Å². The molecule has 0 atom stereocenters. The number of allylic oxidation sites excluding steroid dienone is 2. The van der Waals surface area contributed by atoms with Gasteiger partial charge in [0.25, 0.3) is 0 Å². The molecule has 0 radical (unpaired) electrons. The average molecular weight is 277 g/mol. The van der Waals surface area contributed by atoms with Crippen molar-refractivity contribution in [3.63, 3.8) is 0 Å². The number of aliphatic hydroxyl groups excluding tert-OH is 4. The fraction of sp³-hybridized carbons (Fsp3) is 0.333. The minimum absolute atomic E-state index is 0.150. The van der Waals surface area contributed by atoms with Crippen molar-refractivity contribution < 1.29 is 20.4 Å². The lowest BCUT2D eigenvalue weighted by atomic mass is 9.99. The van der Waals surface area contributed by atoms with Gasteiger partial charge in [-0.1, -0.05) is 19.3 Å². The molecule has 4 nitrogen and oxygen atoms in total. The maximum atomic E-state index is 9.37. The standard InChI is InChI=1S/C9H14BBrO4/c1-5(12)7(11)9(15)8(14)6(13)3-2-4-10/h12-15H,1-4,10H2/b8-6-,9-7-. The quantitative estimate of drug-likeness (QED) is 0.353. The summed E-state index contributed by atoms with van der Waals surface area (Å²) in [5.41, 5.74) is 0. The lowest BCUT2D eigenvalue weighted by molar-refractivity contribution is 0.273. The van der Waals surface area contributed by atoms with Crippen molar-refractivity contribution in [2.45, 2.75) is 19.2 Å². The monoisotopic (exact) mass is 276 g/mol. The fourth-order valence-corrected chi connectivity index (χ4v) is 1.03. The van der Waals surface area contributed by atoms with Gasteiger partial charge in [0.1, 0.15) is 23.8 Å². The first kappa shape index (κ1) is 14.0. The van der Waals surface area contributed by atoms with Gasteiger partial charge in [0, 0.05) is 6.42 Å². The average Bonchev–Trinajstić information content (AvgIpc) is 2.22. The molecule has 0 heterocycles. The van der Waals surface area contributed by atoms with Crippen LogP contribution < -0.4 is 0 Å². The van der Waals surface area contributed by atoms with E-state index in [9.17, 15) is 15.3 Å². The van der Waals surface area contributed by atoms with E-state index in [4.69, 9.17) is 5.11 Å². The molecule has 0 aromatic heterocycles. The number of hydrogen-bond acceptors (Lipinski definition) is 4. The van der Waals surface area contributed by atoms with Crippen LogP contribution in [-0.4, -0.2) is 28.3 Å². The number of hydrogen-bond donors (Lipinski definition) is 4. The van der Waals surface area contributed by atoms with Crippen molar-refractivity contribution in [2.75, 3.05) is 0 Å². The van der Waals surface area contributed by atoms with E-state index in [-0.39, 0.29) is 16.7 Å². The Balaban J connectivity index is 4.89. The van der Waals surface area contributed by atoms with Crippen LogP contribution in [0.15, 0.2) is 34.1 Å². The first-order valence-electron chi connectivity index (χ1n) is 4.50. The maximum absolute atomic E-state index is 9.37. The van der Waals surface area contributed by atoms with E-state index in [0.717, 1.165) is 6.32 Å². The summed E-state index contributed by atoms with van der Waals surface area (Å²) >= 11 is 2.82. The third-order valence-corrected chi connectivity index (χ3v) is 2.56. The van der Waals surface area contributed by atoms with E-state index >= 15 is 0 Å². The van der Waals surface area contributed by atoms with Crippen molar-refractivity contribution in [1.82, 2.24) is 0 Å². The summed E-state index contributed by atoms with van der Waals surface area (Å²) in [4.78, 5) is 0. The largest absolute Gasteiger partial charge is 0.508 e. The predicted molar refractivity (Wildman–Crippen MR) is 65.2 cm³/mol. The van der Waals surface area contributed by atoms with Crippen molar-refractivity contribution in [3.8, 4) is 0 Å². The first-order chi connectivity index (χ1) is 6.91. The van der Waals surface area contributed by atoms with Crippen molar-refractivity contribution in [2.24, 2.45) is 0 Å². The predicted octanol–water partition coefficient (Wildman–Crippen LogP) is 2.38. The highest BCUT2D eigenvalue weighted by Crippen LogP contribution is 2.23. The summed E-state index contributed by atoms with van der Waals surface area (Å²) in [6.07, 6.45) is 1.82. The zero-order valence-corrected chi connectivity index (χ0v) is 10.1. The molecule has 0 fully saturated rings. The molecular weight excluding hydrogens is 263 g/mol. The Morgan fingerprint density at radius 2 is 1.67 bits per heavy atom. The topological polar surface area (TPSA) is 80.9 Å². The first-order valence-corrected chi connectivity index (χ1v) is 5.29. The molecule has 0 aromatic carbocycles. The van der Waals surface area contributed by atoms with Gasteiger partial charge in [0.05, 0.1) is 0 Å². The van der Waals surface area contributed by atoms with Crippen LogP contribution in [0.3, 0.4) is 0 Å². The van der Waals surface area contributed by atoms with Gasteiger partial charge in [0.2, 0.25) is 0 Å². The zero-order chi connectivity index (χ0) is 12.0. The van der Waals surface area contributed by atoms with Crippen LogP contribution in [-0.2, 0) is 0 Å². The maximum Gasteiger partial charge on any atom is 0.197 e. The molecule has 4 N–H and O–H groups in total. The Bertz CT molecular complexity index is 309. The van der Waals surface area contributed by atoms with E-state index in [2.05, 4.69) is 22.5 Å². The molecule has 0 rings (SSSR count). The van der Waals surface area contributed by atoms with Gasteiger partial charge in [-0.15, -0.1) is 0 Å². The van der Waals surface area contributed by atoms with Crippen molar-refractivity contribution in [3.05, 3.63) is 34.1 Å². The second-order valence-corrected chi connectivity index (χ2v) is 3.80. The number of halogens is 1. The molecule has 0 spiro atoms. The molecule has 0 aromatic rings. The van der Waals surface area contributed by atoms with E-state index in [1.165, 1.54) is 0 Å². The second-order valence-electron chi connectivity index (χ2n) is 3.01. The summed E-state index contributed by atoms with van der Waals surface area (Å²) in [5, 5.41) is 37.0. The lowest BCUT2D eigenvalue weighted by Gasteiger charge is -2.05. The smallest absolute Gasteiger partial charge is 0.197 e. The van der Waals surface area contributed by atoms with Crippen molar-refractivity contribution in [1.29, 1.82) is 0 Å². The van der Waals surface area contributed by atoms with Crippen LogP contribution in [0.4, 0.5) is 0 Å². The van der Waals surface area contributed by atoms with Crippen LogP contribution in [0.5, 0.6) is 0 Å². The summed E-state index contributed by atoms with van der Waals surface area (Å²) in [5.74, 6) is -2.02. The van der Waals surface area contributed by atoms with Gasteiger partial charge in [-0.25, -0.2) is 0 Å². The van der Waals surface area contributed by atoms with Crippen LogP contribution in [0.2, 0.25) is 6.32 Å². The van der Waals surface area contributed by atoms with E-state index in [1.807, 2.05) is 7.85 Å². The Morgan fingerprint density at radius 3 is 2.07 bits per heavy atom. The van der Waals surface area contributed by atoms with Crippen LogP contribution >= 0.6 is 15.9 Å². The highest BCUT2D eigenvalue weighted by Gasteiger charge is 2.14. The van der Waals surface area contributed by atoms with Gasteiger partial charge in [-0.3, -0.25) is 0 Å². The fourth-order valence-electron chi connectivity index (χ4n) is 0.840. The molecule has 0 bridgehead atoms.